The van der Waals surface area contributed by atoms with Crippen molar-refractivity contribution in [1.82, 2.24) is 19.7 Å². The number of nitrogens with one attached hydrogen (secondary N) is 1. The maximum atomic E-state index is 12.0. The highest BCUT2D eigenvalue weighted by Crippen LogP contribution is 2.37. The Morgan fingerprint density at radius 1 is 1.43 bits per heavy atom. The smallest absolute Gasteiger partial charge is 0.269 e. The van der Waals surface area contributed by atoms with E-state index in [2.05, 4.69) is 27.0 Å². The first kappa shape index (κ1) is 17.8. The summed E-state index contributed by atoms with van der Waals surface area (Å²) in [7, 11) is 0. The van der Waals surface area contributed by atoms with E-state index in [1.807, 2.05) is 22.8 Å². The number of imidazole rings is 1. The van der Waals surface area contributed by atoms with Gasteiger partial charge in [0.2, 0.25) is 0 Å². The van der Waals surface area contributed by atoms with Gasteiger partial charge >= 0.3 is 0 Å². The Balaban J connectivity index is 1.92. The number of benzene rings is 1. The minimum atomic E-state index is -1.10. The molecular weight excluding hydrogens is 358 g/mol. The number of amides is 1. The van der Waals surface area contributed by atoms with E-state index in [1.165, 1.54) is 0 Å². The Morgan fingerprint density at radius 2 is 2.25 bits per heavy atom. The Kier molecular flexibility index (Phi) is 4.17. The lowest BCUT2D eigenvalue weighted by Crippen LogP contribution is -2.14. The minimum Gasteiger partial charge on any atom is -0.491 e. The van der Waals surface area contributed by atoms with Gasteiger partial charge in [0.05, 0.1) is 24.0 Å². The molecule has 1 aromatic carbocycles. The summed E-state index contributed by atoms with van der Waals surface area (Å²) in [5.41, 5.74) is 7.39. The van der Waals surface area contributed by atoms with Gasteiger partial charge in [-0.15, -0.1) is 0 Å². The van der Waals surface area contributed by atoms with Crippen molar-refractivity contribution in [1.29, 1.82) is 0 Å². The summed E-state index contributed by atoms with van der Waals surface area (Å²) >= 11 is 0. The SMILES string of the molecule is CC(C)(O)C#Cc1ccc2c(c1)-c1nc(C(N)=O)c(-c3cn[nH]c3)n1CCO2. The Hall–Kier alpha value is -3.57. The summed E-state index contributed by atoms with van der Waals surface area (Å²) in [4.78, 5) is 16.6. The van der Waals surface area contributed by atoms with Crippen molar-refractivity contribution in [2.45, 2.75) is 26.0 Å². The number of fused-ring (bicyclic) bond motifs is 3. The number of nitrogens with zero attached hydrogens (tertiary/aromatic N) is 3. The third kappa shape index (κ3) is 3.23. The van der Waals surface area contributed by atoms with Crippen LogP contribution in [0.15, 0.2) is 30.6 Å². The van der Waals surface area contributed by atoms with Gasteiger partial charge in [-0.3, -0.25) is 9.89 Å². The number of aromatic amines is 1. The van der Waals surface area contributed by atoms with Crippen LogP contribution in [0.5, 0.6) is 5.75 Å². The quantitative estimate of drug-likeness (QED) is 0.586. The first-order valence-electron chi connectivity index (χ1n) is 8.76. The van der Waals surface area contributed by atoms with Crippen LogP contribution in [-0.4, -0.2) is 43.0 Å². The summed E-state index contributed by atoms with van der Waals surface area (Å²) in [6, 6.07) is 5.47. The lowest BCUT2D eigenvalue weighted by atomic mass is 10.1. The Bertz CT molecular complexity index is 1110. The molecule has 0 saturated heterocycles. The van der Waals surface area contributed by atoms with Crippen LogP contribution in [-0.2, 0) is 6.54 Å². The second-order valence-corrected chi connectivity index (χ2v) is 7.00. The van der Waals surface area contributed by atoms with Crippen molar-refractivity contribution < 1.29 is 14.6 Å². The normalized spacial score (nSPS) is 12.8. The summed E-state index contributed by atoms with van der Waals surface area (Å²) in [6.07, 6.45) is 3.31. The standard InChI is InChI=1S/C20H19N5O3/c1-20(2,27)6-5-12-3-4-15-14(9-12)19-24-16(18(21)26)17(13-10-22-23-11-13)25(19)7-8-28-15/h3-4,9-11,27H,7-8H2,1-2H3,(H2,21,26)(H,22,23). The molecule has 3 heterocycles. The fraction of sp³-hybridized carbons (Fsp3) is 0.250. The van der Waals surface area contributed by atoms with Crippen LogP contribution in [0.1, 0.15) is 29.9 Å². The van der Waals surface area contributed by atoms with Crippen LogP contribution in [0, 0.1) is 11.8 Å². The zero-order valence-electron chi connectivity index (χ0n) is 15.5. The van der Waals surface area contributed by atoms with Gasteiger partial charge in [-0.25, -0.2) is 4.98 Å². The highest BCUT2D eigenvalue weighted by molar-refractivity contribution is 5.98. The van der Waals surface area contributed by atoms with Gasteiger partial charge in [-0.1, -0.05) is 11.8 Å². The van der Waals surface area contributed by atoms with Crippen molar-refractivity contribution >= 4 is 5.91 Å². The molecular formula is C20H19N5O3. The van der Waals surface area contributed by atoms with E-state index in [0.29, 0.717) is 47.1 Å². The summed E-state index contributed by atoms with van der Waals surface area (Å²) < 4.78 is 7.77. The predicted octanol–water partition coefficient (Wildman–Crippen LogP) is 1.55. The molecule has 8 nitrogen and oxygen atoms in total. The van der Waals surface area contributed by atoms with E-state index in [9.17, 15) is 9.90 Å². The molecule has 142 valence electrons. The lowest BCUT2D eigenvalue weighted by molar-refractivity contribution is 0.0996. The van der Waals surface area contributed by atoms with Crippen molar-refractivity contribution in [3.05, 3.63) is 41.9 Å². The number of primary amides is 1. The first-order chi connectivity index (χ1) is 13.3. The number of hydrogen-bond acceptors (Lipinski definition) is 5. The second kappa shape index (κ2) is 6.55. The molecule has 1 amide bonds. The van der Waals surface area contributed by atoms with Crippen molar-refractivity contribution in [3.63, 3.8) is 0 Å². The average Bonchev–Trinajstić information content (AvgIpc) is 3.24. The van der Waals surface area contributed by atoms with Crippen molar-refractivity contribution in [2.75, 3.05) is 6.61 Å². The number of carbonyl (C=O) groups excluding carboxylic acids is 1. The maximum Gasteiger partial charge on any atom is 0.269 e. The molecule has 1 aliphatic heterocycles. The summed E-state index contributed by atoms with van der Waals surface area (Å²) in [6.45, 7) is 4.15. The topological polar surface area (TPSA) is 119 Å². The van der Waals surface area contributed by atoms with Gasteiger partial charge in [-0.2, -0.15) is 5.10 Å². The van der Waals surface area contributed by atoms with Crippen LogP contribution in [0.2, 0.25) is 0 Å². The van der Waals surface area contributed by atoms with E-state index in [1.54, 1.807) is 26.2 Å². The molecule has 0 spiro atoms. The number of carbonyl (C=O) groups is 1. The van der Waals surface area contributed by atoms with Crippen LogP contribution in [0.25, 0.3) is 22.6 Å². The van der Waals surface area contributed by atoms with Crippen molar-refractivity contribution in [3.8, 4) is 40.2 Å². The van der Waals surface area contributed by atoms with Gasteiger partial charge in [0.25, 0.3) is 5.91 Å². The number of rotatable bonds is 2. The van der Waals surface area contributed by atoms with Crippen LogP contribution >= 0.6 is 0 Å². The fourth-order valence-electron chi connectivity index (χ4n) is 3.10. The molecule has 2 aromatic heterocycles. The molecule has 4 N–H and O–H groups in total. The van der Waals surface area contributed by atoms with Crippen molar-refractivity contribution in [2.24, 2.45) is 5.73 Å². The summed E-state index contributed by atoms with van der Waals surface area (Å²) in [5.74, 6) is 6.36. The molecule has 4 rings (SSSR count). The van der Waals surface area contributed by atoms with Gasteiger partial charge < -0.3 is 20.1 Å². The Morgan fingerprint density at radius 3 is 2.93 bits per heavy atom. The fourth-order valence-corrected chi connectivity index (χ4v) is 3.10. The van der Waals surface area contributed by atoms with E-state index >= 15 is 0 Å². The van der Waals surface area contributed by atoms with E-state index in [-0.39, 0.29) is 5.69 Å². The number of aromatic nitrogens is 4. The van der Waals surface area contributed by atoms with Gasteiger partial charge in [-0.05, 0) is 32.0 Å². The van der Waals surface area contributed by atoms with Crippen LogP contribution in [0.4, 0.5) is 0 Å². The molecule has 0 atom stereocenters. The number of hydrogen-bond donors (Lipinski definition) is 3. The highest BCUT2D eigenvalue weighted by Gasteiger charge is 2.27. The number of H-pyrrole nitrogens is 1. The Labute approximate surface area is 161 Å². The van der Waals surface area contributed by atoms with E-state index in [4.69, 9.17) is 10.5 Å². The number of nitrogens with two attached hydrogens (primary N) is 1. The third-order valence-corrected chi connectivity index (χ3v) is 4.28. The molecule has 0 bridgehead atoms. The van der Waals surface area contributed by atoms with Gasteiger partial charge in [0.15, 0.2) is 5.69 Å². The highest BCUT2D eigenvalue weighted by atomic mass is 16.5. The van der Waals surface area contributed by atoms with Gasteiger partial charge in [0.1, 0.15) is 23.8 Å². The molecule has 0 unspecified atom stereocenters. The molecule has 0 aliphatic carbocycles. The molecule has 28 heavy (non-hydrogen) atoms. The largest absolute Gasteiger partial charge is 0.491 e. The molecule has 1 aliphatic rings. The molecule has 3 aromatic rings. The second-order valence-electron chi connectivity index (χ2n) is 7.00. The lowest BCUT2D eigenvalue weighted by Gasteiger charge is -2.08. The number of ether oxygens (including phenoxy) is 1. The minimum absolute atomic E-state index is 0.178. The monoisotopic (exact) mass is 377 g/mol. The average molecular weight is 377 g/mol. The predicted molar refractivity (Wildman–Crippen MR) is 102 cm³/mol. The third-order valence-electron chi connectivity index (χ3n) is 4.28. The molecule has 0 radical (unpaired) electrons. The molecule has 0 fully saturated rings. The van der Waals surface area contributed by atoms with E-state index < -0.39 is 11.5 Å². The summed E-state index contributed by atoms with van der Waals surface area (Å²) in [5, 5.41) is 16.6. The first-order valence-corrected chi connectivity index (χ1v) is 8.76. The van der Waals surface area contributed by atoms with E-state index in [0.717, 1.165) is 0 Å². The van der Waals surface area contributed by atoms with Gasteiger partial charge in [0, 0.05) is 17.3 Å². The van der Waals surface area contributed by atoms with Crippen LogP contribution < -0.4 is 10.5 Å². The number of aliphatic hydroxyl groups is 1. The maximum absolute atomic E-state index is 12.0. The molecule has 8 heteroatoms. The zero-order chi connectivity index (χ0) is 19.9. The zero-order valence-corrected chi connectivity index (χ0v) is 15.5. The molecule has 0 saturated carbocycles. The van der Waals surface area contributed by atoms with Crippen LogP contribution in [0.3, 0.4) is 0 Å².